The Morgan fingerprint density at radius 3 is 2.31 bits per heavy atom. The highest BCUT2D eigenvalue weighted by Gasteiger charge is 2.22. The number of carboxylic acid groups (broad SMARTS) is 1. The quantitative estimate of drug-likeness (QED) is 0.459. The van der Waals surface area contributed by atoms with Gasteiger partial charge in [0.15, 0.2) is 0 Å². The summed E-state index contributed by atoms with van der Waals surface area (Å²) in [6.07, 6.45) is 3.45. The summed E-state index contributed by atoms with van der Waals surface area (Å²) in [6.45, 7) is 3.69. The highest BCUT2D eigenvalue weighted by molar-refractivity contribution is 6.08. The summed E-state index contributed by atoms with van der Waals surface area (Å²) in [5.74, 6) is -1.74. The van der Waals surface area contributed by atoms with Crippen molar-refractivity contribution < 1.29 is 19.5 Å². The minimum absolute atomic E-state index is 0. The first-order chi connectivity index (χ1) is 16.7. The number of nitrogens with two attached hydrogens (primary N) is 2. The number of aliphatic carboxylic acids is 1. The van der Waals surface area contributed by atoms with Gasteiger partial charge >= 0.3 is 5.97 Å². The van der Waals surface area contributed by atoms with Gasteiger partial charge in [-0.3, -0.25) is 19.3 Å². The van der Waals surface area contributed by atoms with Gasteiger partial charge in [0.2, 0.25) is 5.91 Å². The molecule has 8 heteroatoms. The van der Waals surface area contributed by atoms with Crippen molar-refractivity contribution in [2.75, 3.05) is 11.4 Å². The predicted molar refractivity (Wildman–Crippen MR) is 144 cm³/mol. The second-order valence-electron chi connectivity index (χ2n) is 8.68. The van der Waals surface area contributed by atoms with E-state index in [1.165, 1.54) is 22.4 Å². The van der Waals surface area contributed by atoms with E-state index in [0.29, 0.717) is 23.4 Å². The molecule has 1 aliphatic carbocycles. The summed E-state index contributed by atoms with van der Waals surface area (Å²) in [4.78, 5) is 36.2. The Morgan fingerprint density at radius 2 is 1.64 bits per heavy atom. The van der Waals surface area contributed by atoms with Crippen LogP contribution in [0.15, 0.2) is 60.7 Å². The lowest BCUT2D eigenvalue weighted by Crippen LogP contribution is -2.36. The van der Waals surface area contributed by atoms with E-state index < -0.39 is 12.5 Å². The van der Waals surface area contributed by atoms with Gasteiger partial charge in [-0.2, -0.15) is 0 Å². The number of carboxylic acids is 1. The molecule has 0 spiro atoms. The van der Waals surface area contributed by atoms with Gasteiger partial charge in [0.25, 0.3) is 5.91 Å². The Bertz CT molecular complexity index is 1260. The van der Waals surface area contributed by atoms with Gasteiger partial charge in [0.05, 0.1) is 0 Å². The van der Waals surface area contributed by atoms with Crippen molar-refractivity contribution >= 4 is 35.9 Å². The van der Waals surface area contributed by atoms with Crippen LogP contribution >= 0.6 is 12.4 Å². The Balaban J connectivity index is 0.000000294. The van der Waals surface area contributed by atoms with Gasteiger partial charge in [-0.25, -0.2) is 0 Å². The SMILES string of the molecule is Cc1ccc(C)c(N(CC(=O)O)C(=O)c2cccc(CN)c2)c1.Cl.NC(=O)c1ccc2c(c1)CCC2. The van der Waals surface area contributed by atoms with Gasteiger partial charge in [0.1, 0.15) is 6.54 Å². The number of amides is 2. The van der Waals surface area contributed by atoms with Crippen LogP contribution in [0.1, 0.15) is 55.0 Å². The Morgan fingerprint density at radius 1 is 0.917 bits per heavy atom. The Hall–Kier alpha value is -3.68. The van der Waals surface area contributed by atoms with Gasteiger partial charge in [-0.15, -0.1) is 12.4 Å². The molecular weight excluding hydrogens is 478 g/mol. The van der Waals surface area contributed by atoms with Crippen molar-refractivity contribution in [3.05, 3.63) is 99.6 Å². The van der Waals surface area contributed by atoms with Crippen molar-refractivity contribution in [2.45, 2.75) is 39.7 Å². The number of fused-ring (bicyclic) bond motifs is 1. The number of carbonyl (C=O) groups is 3. The molecule has 0 aliphatic heterocycles. The number of benzene rings is 3. The molecule has 2 amide bonds. The first kappa shape index (κ1) is 28.6. The van der Waals surface area contributed by atoms with Gasteiger partial charge < -0.3 is 16.6 Å². The first-order valence-corrected chi connectivity index (χ1v) is 11.5. The molecule has 5 N–H and O–H groups in total. The molecule has 0 fully saturated rings. The number of hydrogen-bond donors (Lipinski definition) is 3. The van der Waals surface area contributed by atoms with Crippen LogP contribution in [-0.2, 0) is 24.2 Å². The number of aryl methyl sites for hydroxylation is 4. The zero-order valence-electron chi connectivity index (χ0n) is 20.5. The van der Waals surface area contributed by atoms with E-state index in [9.17, 15) is 19.5 Å². The van der Waals surface area contributed by atoms with E-state index in [2.05, 4.69) is 0 Å². The number of primary amides is 1. The maximum atomic E-state index is 12.8. The van der Waals surface area contributed by atoms with Crippen molar-refractivity contribution in [1.29, 1.82) is 0 Å². The Labute approximate surface area is 217 Å². The number of nitrogens with zero attached hydrogens (tertiary/aromatic N) is 1. The van der Waals surface area contributed by atoms with Crippen LogP contribution in [0, 0.1) is 13.8 Å². The molecule has 190 valence electrons. The van der Waals surface area contributed by atoms with Crippen molar-refractivity contribution in [1.82, 2.24) is 0 Å². The van der Waals surface area contributed by atoms with Crippen LogP contribution in [-0.4, -0.2) is 29.4 Å². The fourth-order valence-corrected chi connectivity index (χ4v) is 4.12. The molecule has 4 rings (SSSR count). The molecule has 0 bridgehead atoms. The zero-order valence-corrected chi connectivity index (χ0v) is 21.3. The molecule has 1 aliphatic rings. The largest absolute Gasteiger partial charge is 0.480 e. The molecule has 3 aromatic carbocycles. The molecule has 0 saturated heterocycles. The molecule has 7 nitrogen and oxygen atoms in total. The highest BCUT2D eigenvalue weighted by atomic mass is 35.5. The Kier molecular flexibility index (Phi) is 10.2. The third-order valence-electron chi connectivity index (χ3n) is 5.99. The topological polar surface area (TPSA) is 127 Å². The molecule has 36 heavy (non-hydrogen) atoms. The number of rotatable bonds is 6. The number of hydrogen-bond acceptors (Lipinski definition) is 4. The van der Waals surface area contributed by atoms with Crippen molar-refractivity contribution in [3.63, 3.8) is 0 Å². The standard InChI is InChI=1S/C18H20N2O3.C10H11NO.ClH/c1-12-6-7-13(2)16(8-12)20(11-17(21)22)18(23)15-5-3-4-14(9-15)10-19;11-10(12)9-5-4-7-2-1-3-8(7)6-9;/h3-9H,10-11,19H2,1-2H3,(H,21,22);4-6H,1-3H2,(H2,11,12);1H. The monoisotopic (exact) mass is 509 g/mol. The molecule has 0 aromatic heterocycles. The van der Waals surface area contributed by atoms with E-state index in [1.807, 2.05) is 56.3 Å². The van der Waals surface area contributed by atoms with Crippen LogP contribution in [0.3, 0.4) is 0 Å². The number of carbonyl (C=O) groups excluding carboxylic acids is 2. The van der Waals surface area contributed by atoms with Gasteiger partial charge in [0, 0.05) is 23.4 Å². The summed E-state index contributed by atoms with van der Waals surface area (Å²) in [6, 6.07) is 18.3. The van der Waals surface area contributed by atoms with Gasteiger partial charge in [-0.1, -0.05) is 30.3 Å². The maximum absolute atomic E-state index is 12.8. The molecule has 0 atom stereocenters. The average Bonchev–Trinajstić information content (AvgIpc) is 3.32. The van der Waals surface area contributed by atoms with E-state index in [0.717, 1.165) is 29.5 Å². The van der Waals surface area contributed by atoms with Crippen molar-refractivity contribution in [3.8, 4) is 0 Å². The predicted octanol–water partition coefficient (Wildman–Crippen LogP) is 4.19. The van der Waals surface area contributed by atoms with Gasteiger partial charge in [-0.05, 0) is 91.3 Å². The summed E-state index contributed by atoms with van der Waals surface area (Å²) in [5.41, 5.74) is 17.8. The van der Waals surface area contributed by atoms with Crippen LogP contribution < -0.4 is 16.4 Å². The number of halogens is 1. The molecule has 0 saturated carbocycles. The van der Waals surface area contributed by atoms with E-state index in [1.54, 1.807) is 18.2 Å². The molecule has 0 radical (unpaired) electrons. The van der Waals surface area contributed by atoms with Crippen molar-refractivity contribution in [2.24, 2.45) is 11.5 Å². The lowest BCUT2D eigenvalue weighted by molar-refractivity contribution is -0.135. The van der Waals surface area contributed by atoms with E-state index in [4.69, 9.17) is 11.5 Å². The molecule has 3 aromatic rings. The normalized spacial score (nSPS) is 11.4. The fourth-order valence-electron chi connectivity index (χ4n) is 4.12. The first-order valence-electron chi connectivity index (χ1n) is 11.5. The summed E-state index contributed by atoms with van der Waals surface area (Å²) >= 11 is 0. The average molecular weight is 510 g/mol. The molecule has 0 heterocycles. The maximum Gasteiger partial charge on any atom is 0.323 e. The molecular formula is C28H32ClN3O4. The third-order valence-corrected chi connectivity index (χ3v) is 5.99. The van der Waals surface area contributed by atoms with Crippen LogP contribution in [0.25, 0.3) is 0 Å². The highest BCUT2D eigenvalue weighted by Crippen LogP contribution is 2.24. The van der Waals surface area contributed by atoms with Crippen LogP contribution in [0.4, 0.5) is 5.69 Å². The third kappa shape index (κ3) is 7.16. The van der Waals surface area contributed by atoms with Crippen LogP contribution in [0.2, 0.25) is 0 Å². The fraction of sp³-hybridized carbons (Fsp3) is 0.250. The lowest BCUT2D eigenvalue weighted by Gasteiger charge is -2.23. The minimum Gasteiger partial charge on any atom is -0.480 e. The minimum atomic E-state index is -1.06. The zero-order chi connectivity index (χ0) is 25.5. The second-order valence-corrected chi connectivity index (χ2v) is 8.68. The second kappa shape index (κ2) is 12.9. The van der Waals surface area contributed by atoms with E-state index >= 15 is 0 Å². The number of anilines is 1. The molecule has 0 unspecified atom stereocenters. The van der Waals surface area contributed by atoms with Crippen LogP contribution in [0.5, 0.6) is 0 Å². The summed E-state index contributed by atoms with van der Waals surface area (Å²) < 4.78 is 0. The summed E-state index contributed by atoms with van der Waals surface area (Å²) in [7, 11) is 0. The smallest absolute Gasteiger partial charge is 0.323 e. The van der Waals surface area contributed by atoms with E-state index in [-0.39, 0.29) is 24.2 Å². The lowest BCUT2D eigenvalue weighted by atomic mass is 10.1. The summed E-state index contributed by atoms with van der Waals surface area (Å²) in [5, 5.41) is 9.19.